The second-order valence-corrected chi connectivity index (χ2v) is 6.85. The highest BCUT2D eigenvalue weighted by Gasteiger charge is 2.32. The van der Waals surface area contributed by atoms with Crippen molar-refractivity contribution < 1.29 is 9.59 Å². The minimum atomic E-state index is -0.403. The number of carbonyl (C=O) groups excluding carboxylic acids is 2. The molecule has 0 spiro atoms. The fraction of sp³-hybridized carbons (Fsp3) is 0.471. The Morgan fingerprint density at radius 1 is 1.35 bits per heavy atom. The summed E-state index contributed by atoms with van der Waals surface area (Å²) >= 11 is 1.35. The Kier molecular flexibility index (Phi) is 6.21. The van der Waals surface area contributed by atoms with Crippen LogP contribution in [0.3, 0.4) is 0 Å². The highest BCUT2D eigenvalue weighted by atomic mass is 32.2. The number of anilines is 1. The number of benzene rings is 1. The lowest BCUT2D eigenvalue weighted by Gasteiger charge is -2.12. The number of nitrogens with zero attached hydrogens (tertiary/aromatic N) is 1. The van der Waals surface area contributed by atoms with Crippen molar-refractivity contribution in [2.24, 2.45) is 4.99 Å². The van der Waals surface area contributed by atoms with E-state index in [1.165, 1.54) is 11.8 Å². The molecular weight excluding hydrogens is 310 g/mol. The van der Waals surface area contributed by atoms with E-state index in [2.05, 4.69) is 22.5 Å². The average Bonchev–Trinajstić information content (AvgIpc) is 2.83. The average molecular weight is 333 g/mol. The van der Waals surface area contributed by atoms with E-state index in [9.17, 15) is 9.59 Å². The zero-order valence-corrected chi connectivity index (χ0v) is 14.6. The number of carbonyl (C=O) groups is 2. The van der Waals surface area contributed by atoms with Crippen molar-refractivity contribution in [1.29, 1.82) is 0 Å². The van der Waals surface area contributed by atoms with Crippen LogP contribution in [0.1, 0.15) is 37.3 Å². The molecule has 1 aromatic carbocycles. The number of aryl methyl sites for hydroxylation is 2. The van der Waals surface area contributed by atoms with Crippen LogP contribution >= 0.6 is 11.8 Å². The summed E-state index contributed by atoms with van der Waals surface area (Å²) in [7, 11) is 0. The molecule has 0 aliphatic carbocycles. The summed E-state index contributed by atoms with van der Waals surface area (Å²) in [6, 6.07) is 5.87. The number of nitrogens with one attached hydrogen (secondary N) is 2. The number of para-hydroxylation sites is 1. The van der Waals surface area contributed by atoms with Crippen molar-refractivity contribution in [3.05, 3.63) is 29.3 Å². The first-order valence-corrected chi connectivity index (χ1v) is 8.77. The van der Waals surface area contributed by atoms with Gasteiger partial charge in [-0.25, -0.2) is 0 Å². The maximum absolute atomic E-state index is 12.2. The van der Waals surface area contributed by atoms with Gasteiger partial charge in [0.15, 0.2) is 5.17 Å². The second-order valence-electron chi connectivity index (χ2n) is 5.66. The fourth-order valence-corrected chi connectivity index (χ4v) is 3.32. The van der Waals surface area contributed by atoms with E-state index < -0.39 is 5.25 Å². The molecule has 1 saturated heterocycles. The molecule has 0 saturated carbocycles. The van der Waals surface area contributed by atoms with Gasteiger partial charge >= 0.3 is 0 Å². The molecule has 1 heterocycles. The number of aliphatic imine (C=N–C) groups is 1. The number of hydrogen-bond donors (Lipinski definition) is 2. The van der Waals surface area contributed by atoms with Crippen molar-refractivity contribution in [3.63, 3.8) is 0 Å². The van der Waals surface area contributed by atoms with E-state index in [1.54, 1.807) is 0 Å². The quantitative estimate of drug-likeness (QED) is 0.786. The predicted molar refractivity (Wildman–Crippen MR) is 95.9 cm³/mol. The molecule has 0 bridgehead atoms. The molecule has 0 aromatic heterocycles. The van der Waals surface area contributed by atoms with E-state index in [1.807, 2.05) is 32.0 Å². The number of amides is 2. The molecule has 6 heteroatoms. The van der Waals surface area contributed by atoms with Gasteiger partial charge in [0.25, 0.3) is 0 Å². The summed E-state index contributed by atoms with van der Waals surface area (Å²) in [5.74, 6) is -0.285. The van der Waals surface area contributed by atoms with Crippen molar-refractivity contribution in [2.75, 3.05) is 11.9 Å². The predicted octanol–water partition coefficient (Wildman–Crippen LogP) is 3.02. The summed E-state index contributed by atoms with van der Waals surface area (Å²) in [4.78, 5) is 28.5. The van der Waals surface area contributed by atoms with Crippen LogP contribution in [0.4, 0.5) is 5.69 Å². The molecule has 1 aliphatic heterocycles. The number of thioether (sulfide) groups is 1. The normalized spacial score (nSPS) is 19.0. The van der Waals surface area contributed by atoms with Crippen LogP contribution < -0.4 is 10.6 Å². The first-order chi connectivity index (χ1) is 11.0. The van der Waals surface area contributed by atoms with Gasteiger partial charge in [0.05, 0.1) is 0 Å². The summed E-state index contributed by atoms with van der Waals surface area (Å²) < 4.78 is 0. The molecule has 1 aliphatic rings. The molecule has 1 aromatic rings. The van der Waals surface area contributed by atoms with Crippen LogP contribution in [0.15, 0.2) is 23.2 Å². The van der Waals surface area contributed by atoms with Gasteiger partial charge in [0, 0.05) is 18.7 Å². The Labute approximate surface area is 141 Å². The minimum Gasteiger partial charge on any atom is -0.326 e. The molecule has 5 nitrogen and oxygen atoms in total. The molecule has 2 N–H and O–H groups in total. The van der Waals surface area contributed by atoms with Crippen LogP contribution in [0, 0.1) is 13.8 Å². The SMILES string of the molecule is CCCCN=C1NC(=O)[C@H](CC(=O)Nc2c(C)cccc2C)S1. The van der Waals surface area contributed by atoms with E-state index in [0.717, 1.165) is 29.7 Å². The monoisotopic (exact) mass is 333 g/mol. The minimum absolute atomic E-state index is 0.137. The van der Waals surface area contributed by atoms with E-state index in [4.69, 9.17) is 0 Å². The van der Waals surface area contributed by atoms with Crippen LogP contribution in [-0.4, -0.2) is 28.8 Å². The summed E-state index contributed by atoms with van der Waals surface area (Å²) in [6.45, 7) is 6.72. The Morgan fingerprint density at radius 3 is 2.70 bits per heavy atom. The topological polar surface area (TPSA) is 70.6 Å². The Balaban J connectivity index is 1.93. The van der Waals surface area contributed by atoms with Gasteiger partial charge in [-0.1, -0.05) is 43.3 Å². The van der Waals surface area contributed by atoms with Gasteiger partial charge in [-0.05, 0) is 31.4 Å². The summed E-state index contributed by atoms with van der Waals surface area (Å²) in [5.41, 5.74) is 2.87. The number of hydrogen-bond acceptors (Lipinski definition) is 4. The highest BCUT2D eigenvalue weighted by Crippen LogP contribution is 2.24. The van der Waals surface area contributed by atoms with Gasteiger partial charge in [-0.3, -0.25) is 14.6 Å². The van der Waals surface area contributed by atoms with Crippen LogP contribution in [0.25, 0.3) is 0 Å². The smallest absolute Gasteiger partial charge is 0.240 e. The zero-order valence-electron chi connectivity index (χ0n) is 13.8. The molecular formula is C17H23N3O2S. The summed E-state index contributed by atoms with van der Waals surface area (Å²) in [5, 5.41) is 5.90. The standard InChI is InChI=1S/C17H23N3O2S/c1-4-5-9-18-17-20-16(22)13(23-17)10-14(21)19-15-11(2)7-6-8-12(15)3/h6-8,13H,4-5,9-10H2,1-3H3,(H,19,21)(H,18,20,22)/t13-/m0/s1. The van der Waals surface area contributed by atoms with Gasteiger partial charge < -0.3 is 10.6 Å². The molecule has 2 rings (SSSR count). The van der Waals surface area contributed by atoms with E-state index in [-0.39, 0.29) is 18.2 Å². The van der Waals surface area contributed by atoms with Gasteiger partial charge in [0.2, 0.25) is 11.8 Å². The van der Waals surface area contributed by atoms with Crippen LogP contribution in [0.5, 0.6) is 0 Å². The Bertz CT molecular complexity index is 608. The molecule has 2 amide bonds. The highest BCUT2D eigenvalue weighted by molar-refractivity contribution is 8.15. The zero-order chi connectivity index (χ0) is 16.8. The second kappa shape index (κ2) is 8.15. The molecule has 0 radical (unpaired) electrons. The van der Waals surface area contributed by atoms with Gasteiger partial charge in [-0.2, -0.15) is 0 Å². The Hall–Kier alpha value is -1.82. The third-order valence-corrected chi connectivity index (χ3v) is 4.78. The maximum Gasteiger partial charge on any atom is 0.240 e. The lowest BCUT2D eigenvalue weighted by molar-refractivity contribution is -0.122. The Morgan fingerprint density at radius 2 is 2.04 bits per heavy atom. The van der Waals surface area contributed by atoms with Gasteiger partial charge in [-0.15, -0.1) is 0 Å². The fourth-order valence-electron chi connectivity index (χ4n) is 2.32. The summed E-state index contributed by atoms with van der Waals surface area (Å²) in [6.07, 6.45) is 2.21. The molecule has 124 valence electrons. The van der Waals surface area contributed by atoms with Crippen LogP contribution in [-0.2, 0) is 9.59 Å². The third-order valence-electron chi connectivity index (χ3n) is 3.66. The van der Waals surface area contributed by atoms with Gasteiger partial charge in [0.1, 0.15) is 5.25 Å². The lowest BCUT2D eigenvalue weighted by atomic mass is 10.1. The van der Waals surface area contributed by atoms with Crippen molar-refractivity contribution in [1.82, 2.24) is 5.32 Å². The largest absolute Gasteiger partial charge is 0.326 e. The first-order valence-electron chi connectivity index (χ1n) is 7.89. The number of amidine groups is 1. The van der Waals surface area contributed by atoms with Crippen LogP contribution in [0.2, 0.25) is 0 Å². The van der Waals surface area contributed by atoms with Crippen molar-refractivity contribution in [2.45, 2.75) is 45.3 Å². The molecule has 1 atom stereocenters. The maximum atomic E-state index is 12.2. The van der Waals surface area contributed by atoms with Crippen molar-refractivity contribution >= 4 is 34.4 Å². The molecule has 1 fully saturated rings. The molecule has 0 unspecified atom stereocenters. The van der Waals surface area contributed by atoms with E-state index >= 15 is 0 Å². The number of unbranched alkanes of at least 4 members (excludes halogenated alkanes) is 1. The lowest BCUT2D eigenvalue weighted by Crippen LogP contribution is -2.28. The number of rotatable bonds is 6. The first kappa shape index (κ1) is 17.5. The van der Waals surface area contributed by atoms with E-state index in [0.29, 0.717) is 11.7 Å². The third kappa shape index (κ3) is 4.82. The molecule has 23 heavy (non-hydrogen) atoms. The van der Waals surface area contributed by atoms with Crippen molar-refractivity contribution in [3.8, 4) is 0 Å².